The summed E-state index contributed by atoms with van der Waals surface area (Å²) >= 11 is 0. The molecule has 2 saturated carbocycles. The maximum Gasteiger partial charge on any atom is 0.131 e. The predicted molar refractivity (Wildman–Crippen MR) is 97.3 cm³/mol. The van der Waals surface area contributed by atoms with E-state index in [2.05, 4.69) is 15.3 Å². The molecule has 2 heterocycles. The van der Waals surface area contributed by atoms with Gasteiger partial charge in [-0.2, -0.15) is 0 Å². The highest BCUT2D eigenvalue weighted by molar-refractivity contribution is 5.13. The summed E-state index contributed by atoms with van der Waals surface area (Å²) in [5.74, 6) is 1.49. The Kier molecular flexibility index (Phi) is 5.24. The average Bonchev–Trinajstić information content (AvgIpc) is 3.47. The van der Waals surface area contributed by atoms with Gasteiger partial charge in [0.2, 0.25) is 0 Å². The third kappa shape index (κ3) is 3.92. The summed E-state index contributed by atoms with van der Waals surface area (Å²) in [6.45, 7) is 0.703. The lowest BCUT2D eigenvalue weighted by Crippen LogP contribution is -2.36. The molecule has 2 fully saturated rings. The number of hydrogen-bond acceptors (Lipinski definition) is 6. The Morgan fingerprint density at radius 1 is 1.15 bits per heavy atom. The Labute approximate surface area is 153 Å². The minimum atomic E-state index is -0.485. The molecule has 0 aliphatic heterocycles. The van der Waals surface area contributed by atoms with E-state index in [1.165, 1.54) is 12.8 Å². The number of nitrogens with zero attached hydrogens (tertiary/aromatic N) is 3. The van der Waals surface area contributed by atoms with E-state index < -0.39 is 6.10 Å². The molecule has 3 N–H and O–H groups in total. The van der Waals surface area contributed by atoms with Gasteiger partial charge in [0, 0.05) is 55.3 Å². The van der Waals surface area contributed by atoms with Gasteiger partial charge in [-0.15, -0.1) is 0 Å². The summed E-state index contributed by atoms with van der Waals surface area (Å²) in [6, 6.07) is 6.07. The van der Waals surface area contributed by atoms with E-state index in [0.29, 0.717) is 18.9 Å². The highest BCUT2D eigenvalue weighted by Crippen LogP contribution is 2.38. The van der Waals surface area contributed by atoms with E-state index in [1.54, 1.807) is 6.20 Å². The number of hydrogen-bond donors (Lipinski definition) is 3. The molecule has 26 heavy (non-hydrogen) atoms. The van der Waals surface area contributed by atoms with Gasteiger partial charge in [-0.25, -0.2) is 9.97 Å². The van der Waals surface area contributed by atoms with Crippen LogP contribution in [0.25, 0.3) is 0 Å². The van der Waals surface area contributed by atoms with Gasteiger partial charge >= 0.3 is 0 Å². The Hall–Kier alpha value is -1.89. The van der Waals surface area contributed by atoms with Crippen LogP contribution in [-0.2, 0) is 13.0 Å². The second-order valence-corrected chi connectivity index (χ2v) is 7.55. The molecule has 4 rings (SSSR count). The van der Waals surface area contributed by atoms with Crippen LogP contribution in [0.15, 0.2) is 36.8 Å². The lowest BCUT2D eigenvalue weighted by Gasteiger charge is -2.25. The van der Waals surface area contributed by atoms with Crippen molar-refractivity contribution < 1.29 is 10.2 Å². The van der Waals surface area contributed by atoms with Gasteiger partial charge in [0.05, 0.1) is 6.10 Å². The van der Waals surface area contributed by atoms with Gasteiger partial charge in [0.1, 0.15) is 5.82 Å². The first-order valence-electron chi connectivity index (χ1n) is 9.47. The lowest BCUT2D eigenvalue weighted by atomic mass is 9.88. The molecule has 2 aromatic rings. The normalized spacial score (nSPS) is 28.4. The van der Waals surface area contributed by atoms with Crippen LogP contribution in [0.5, 0.6) is 0 Å². The van der Waals surface area contributed by atoms with E-state index >= 15 is 0 Å². The number of rotatable bonds is 7. The zero-order valence-electron chi connectivity index (χ0n) is 14.8. The van der Waals surface area contributed by atoms with Crippen LogP contribution in [0, 0.1) is 11.8 Å². The molecule has 6 nitrogen and oxygen atoms in total. The standard InChI is InChI=1S/C20H26N4O2/c25-12-17-16(8-15-5-7-22-20(24-15)14-3-4-14)18(9-19(17)26)23-11-13-2-1-6-21-10-13/h1-2,5-7,10,14,16-19,23,25-26H,3-4,8-9,11-12H2. The van der Waals surface area contributed by atoms with Crippen molar-refractivity contribution in [1.29, 1.82) is 0 Å². The third-order valence-corrected chi connectivity index (χ3v) is 5.68. The molecule has 4 atom stereocenters. The van der Waals surface area contributed by atoms with Crippen molar-refractivity contribution in [3.63, 3.8) is 0 Å². The molecule has 0 bridgehead atoms. The smallest absolute Gasteiger partial charge is 0.131 e. The fourth-order valence-electron chi connectivity index (χ4n) is 4.04. The van der Waals surface area contributed by atoms with Gasteiger partial charge in [-0.1, -0.05) is 6.07 Å². The largest absolute Gasteiger partial charge is 0.396 e. The number of aliphatic hydroxyl groups is 2. The van der Waals surface area contributed by atoms with Crippen LogP contribution in [0.1, 0.15) is 42.3 Å². The molecule has 6 heteroatoms. The highest BCUT2D eigenvalue weighted by Gasteiger charge is 2.42. The molecular weight excluding hydrogens is 328 g/mol. The third-order valence-electron chi connectivity index (χ3n) is 5.68. The average molecular weight is 354 g/mol. The van der Waals surface area contributed by atoms with E-state index in [4.69, 9.17) is 4.98 Å². The maximum absolute atomic E-state index is 10.4. The second kappa shape index (κ2) is 7.78. The van der Waals surface area contributed by atoms with Crippen LogP contribution in [-0.4, -0.2) is 43.9 Å². The Bertz CT molecular complexity index is 723. The molecule has 0 radical (unpaired) electrons. The van der Waals surface area contributed by atoms with E-state index in [1.807, 2.05) is 30.6 Å². The number of aromatic nitrogens is 3. The van der Waals surface area contributed by atoms with Crippen molar-refractivity contribution >= 4 is 0 Å². The van der Waals surface area contributed by atoms with E-state index in [0.717, 1.165) is 23.5 Å². The van der Waals surface area contributed by atoms with Crippen LogP contribution >= 0.6 is 0 Å². The van der Waals surface area contributed by atoms with Crippen molar-refractivity contribution in [2.45, 2.75) is 50.3 Å². The first-order valence-corrected chi connectivity index (χ1v) is 9.47. The van der Waals surface area contributed by atoms with Crippen molar-refractivity contribution in [1.82, 2.24) is 20.3 Å². The molecule has 0 spiro atoms. The quantitative estimate of drug-likeness (QED) is 0.697. The molecule has 138 valence electrons. The fraction of sp³-hybridized carbons (Fsp3) is 0.550. The summed E-state index contributed by atoms with van der Waals surface area (Å²) in [5, 5.41) is 23.8. The van der Waals surface area contributed by atoms with Crippen molar-refractivity contribution in [2.24, 2.45) is 11.8 Å². The SMILES string of the molecule is OCC1C(O)CC(NCc2cccnc2)C1Cc1ccnc(C2CC2)n1. The zero-order chi connectivity index (χ0) is 17.9. The highest BCUT2D eigenvalue weighted by atomic mass is 16.3. The Morgan fingerprint density at radius 2 is 2.04 bits per heavy atom. The minimum absolute atomic E-state index is 0.00251. The molecule has 4 unspecified atom stereocenters. The van der Waals surface area contributed by atoms with Crippen molar-refractivity contribution in [2.75, 3.05) is 6.61 Å². The summed E-state index contributed by atoms with van der Waals surface area (Å²) in [7, 11) is 0. The molecule has 2 aliphatic rings. The molecule has 0 amide bonds. The minimum Gasteiger partial charge on any atom is -0.396 e. The Morgan fingerprint density at radius 3 is 2.77 bits per heavy atom. The lowest BCUT2D eigenvalue weighted by molar-refractivity contribution is 0.0716. The fourth-order valence-corrected chi connectivity index (χ4v) is 4.04. The van der Waals surface area contributed by atoms with E-state index in [-0.39, 0.29) is 24.5 Å². The van der Waals surface area contributed by atoms with Crippen LogP contribution < -0.4 is 5.32 Å². The first kappa shape index (κ1) is 17.5. The van der Waals surface area contributed by atoms with Crippen molar-refractivity contribution in [3.8, 4) is 0 Å². The maximum atomic E-state index is 10.4. The summed E-state index contributed by atoms with van der Waals surface area (Å²) in [4.78, 5) is 13.3. The topological polar surface area (TPSA) is 91.2 Å². The van der Waals surface area contributed by atoms with Crippen LogP contribution in [0.2, 0.25) is 0 Å². The monoisotopic (exact) mass is 354 g/mol. The summed E-state index contributed by atoms with van der Waals surface area (Å²) in [5.41, 5.74) is 2.12. The van der Waals surface area contributed by atoms with E-state index in [9.17, 15) is 10.2 Å². The van der Waals surface area contributed by atoms with Gasteiger partial charge in [0.25, 0.3) is 0 Å². The van der Waals surface area contributed by atoms with Gasteiger partial charge in [0.15, 0.2) is 0 Å². The van der Waals surface area contributed by atoms with Gasteiger partial charge in [-0.05, 0) is 49.3 Å². The molecule has 2 aliphatic carbocycles. The molecular formula is C20H26N4O2. The summed E-state index contributed by atoms with van der Waals surface area (Å²) < 4.78 is 0. The molecule has 0 aromatic carbocycles. The van der Waals surface area contributed by atoms with Gasteiger partial charge < -0.3 is 15.5 Å². The summed E-state index contributed by atoms with van der Waals surface area (Å²) in [6.07, 6.45) is 8.73. The predicted octanol–water partition coefficient (Wildman–Crippen LogP) is 1.44. The van der Waals surface area contributed by atoms with Crippen LogP contribution in [0.3, 0.4) is 0 Å². The molecule has 2 aromatic heterocycles. The number of nitrogens with one attached hydrogen (secondary N) is 1. The second-order valence-electron chi connectivity index (χ2n) is 7.55. The zero-order valence-corrected chi connectivity index (χ0v) is 14.8. The van der Waals surface area contributed by atoms with Crippen molar-refractivity contribution in [3.05, 3.63) is 53.9 Å². The first-order chi connectivity index (χ1) is 12.7. The number of pyridine rings is 1. The van der Waals surface area contributed by atoms with Gasteiger partial charge in [-0.3, -0.25) is 4.98 Å². The Balaban J connectivity index is 1.47. The molecule has 0 saturated heterocycles. The van der Waals surface area contributed by atoms with Crippen LogP contribution in [0.4, 0.5) is 0 Å². The number of aliphatic hydroxyl groups excluding tert-OH is 2.